The second kappa shape index (κ2) is 4.22. The third kappa shape index (κ3) is 2.13. The maximum absolute atomic E-state index is 12.9. The molecule has 0 aliphatic rings. The van der Waals surface area contributed by atoms with Gasteiger partial charge in [0.15, 0.2) is 0 Å². The zero-order valence-corrected chi connectivity index (χ0v) is 9.04. The first kappa shape index (κ1) is 10.5. The highest BCUT2D eigenvalue weighted by molar-refractivity contribution is 5.62. The van der Waals surface area contributed by atoms with Gasteiger partial charge in [0.1, 0.15) is 11.6 Å². The number of ether oxygens (including phenoxy) is 1. The lowest BCUT2D eigenvalue weighted by Gasteiger charge is -2.08. The van der Waals surface area contributed by atoms with Crippen molar-refractivity contribution >= 4 is 11.6 Å². The second-order valence-electron chi connectivity index (χ2n) is 3.38. The van der Waals surface area contributed by atoms with Crippen LogP contribution < -0.4 is 10.1 Å². The van der Waals surface area contributed by atoms with Crippen molar-refractivity contribution < 1.29 is 9.13 Å². The van der Waals surface area contributed by atoms with Crippen LogP contribution in [0.4, 0.5) is 16.0 Å². The van der Waals surface area contributed by atoms with Crippen molar-refractivity contribution in [2.24, 2.45) is 0 Å². The molecule has 0 saturated carbocycles. The summed E-state index contributed by atoms with van der Waals surface area (Å²) in [6, 6.07) is 4.28. The first-order valence-corrected chi connectivity index (χ1v) is 4.81. The molecule has 0 spiro atoms. The Bertz CT molecular complexity index is 496. The monoisotopic (exact) mass is 221 g/mol. The highest BCUT2D eigenvalue weighted by Crippen LogP contribution is 2.27. The van der Waals surface area contributed by atoms with Crippen LogP contribution in [0, 0.1) is 12.7 Å². The molecule has 0 unspecified atom stereocenters. The fraction of sp³-hybridized carbons (Fsp3) is 0.182. The average molecular weight is 221 g/mol. The molecule has 0 radical (unpaired) electrons. The Kier molecular flexibility index (Phi) is 2.76. The van der Waals surface area contributed by atoms with Crippen molar-refractivity contribution in [1.29, 1.82) is 0 Å². The molecule has 0 saturated heterocycles. The van der Waals surface area contributed by atoms with Gasteiger partial charge >= 0.3 is 0 Å². The normalized spacial score (nSPS) is 10.2. The van der Waals surface area contributed by atoms with E-state index in [1.165, 1.54) is 19.2 Å². The minimum atomic E-state index is -0.335. The highest BCUT2D eigenvalue weighted by Gasteiger charge is 2.06. The summed E-state index contributed by atoms with van der Waals surface area (Å²) < 4.78 is 18.0. The highest BCUT2D eigenvalue weighted by atomic mass is 19.1. The average Bonchev–Trinajstić information content (AvgIpc) is 2.67. The lowest BCUT2D eigenvalue weighted by atomic mass is 10.3. The number of methoxy groups -OCH3 is 1. The SMILES string of the molecule is COc1cc(F)ccc1Nc1ncc(C)[nH]1. The molecule has 2 aromatic rings. The summed E-state index contributed by atoms with van der Waals surface area (Å²) in [5, 5.41) is 3.01. The van der Waals surface area contributed by atoms with E-state index < -0.39 is 0 Å². The van der Waals surface area contributed by atoms with Crippen molar-refractivity contribution in [2.45, 2.75) is 6.92 Å². The molecule has 0 amide bonds. The summed E-state index contributed by atoms with van der Waals surface area (Å²) in [6.45, 7) is 1.90. The van der Waals surface area contributed by atoms with E-state index in [1.54, 1.807) is 12.3 Å². The van der Waals surface area contributed by atoms with Gasteiger partial charge in [-0.15, -0.1) is 0 Å². The number of nitrogens with one attached hydrogen (secondary N) is 2. The van der Waals surface area contributed by atoms with E-state index in [2.05, 4.69) is 15.3 Å². The number of halogens is 1. The number of nitrogens with zero attached hydrogens (tertiary/aromatic N) is 1. The van der Waals surface area contributed by atoms with Crippen LogP contribution in [-0.2, 0) is 0 Å². The maximum Gasteiger partial charge on any atom is 0.204 e. The fourth-order valence-corrected chi connectivity index (χ4v) is 1.37. The number of aromatic amines is 1. The van der Waals surface area contributed by atoms with E-state index >= 15 is 0 Å². The van der Waals surface area contributed by atoms with Gasteiger partial charge in [0, 0.05) is 18.0 Å². The minimum Gasteiger partial charge on any atom is -0.494 e. The largest absolute Gasteiger partial charge is 0.494 e. The van der Waals surface area contributed by atoms with Gasteiger partial charge in [0.25, 0.3) is 0 Å². The Morgan fingerprint density at radius 3 is 2.88 bits per heavy atom. The second-order valence-corrected chi connectivity index (χ2v) is 3.38. The molecule has 0 aliphatic heterocycles. The number of benzene rings is 1. The number of aromatic nitrogens is 2. The molecule has 0 atom stereocenters. The Hall–Kier alpha value is -2.04. The first-order chi connectivity index (χ1) is 7.69. The molecule has 4 nitrogen and oxygen atoms in total. The quantitative estimate of drug-likeness (QED) is 0.837. The zero-order chi connectivity index (χ0) is 11.5. The van der Waals surface area contributed by atoms with Crippen LogP contribution in [-0.4, -0.2) is 17.1 Å². The lowest BCUT2D eigenvalue weighted by molar-refractivity contribution is 0.413. The molecule has 16 heavy (non-hydrogen) atoms. The van der Waals surface area contributed by atoms with Crippen LogP contribution in [0.15, 0.2) is 24.4 Å². The van der Waals surface area contributed by atoms with Gasteiger partial charge in [-0.2, -0.15) is 0 Å². The van der Waals surface area contributed by atoms with Crippen molar-refractivity contribution in [1.82, 2.24) is 9.97 Å². The summed E-state index contributed by atoms with van der Waals surface area (Å²) >= 11 is 0. The van der Waals surface area contributed by atoms with E-state index in [0.29, 0.717) is 17.4 Å². The van der Waals surface area contributed by atoms with E-state index in [9.17, 15) is 4.39 Å². The molecule has 2 N–H and O–H groups in total. The van der Waals surface area contributed by atoms with Gasteiger partial charge in [-0.1, -0.05) is 0 Å². The van der Waals surface area contributed by atoms with Crippen molar-refractivity contribution in [2.75, 3.05) is 12.4 Å². The Labute approximate surface area is 92.5 Å². The molecule has 1 aromatic carbocycles. The summed E-state index contributed by atoms with van der Waals surface area (Å²) in [5.74, 6) is 0.703. The van der Waals surface area contributed by atoms with Crippen molar-refractivity contribution in [3.63, 3.8) is 0 Å². The van der Waals surface area contributed by atoms with Gasteiger partial charge in [0.05, 0.1) is 12.8 Å². The molecular formula is C11H12FN3O. The van der Waals surface area contributed by atoms with E-state index in [1.807, 2.05) is 6.92 Å². The van der Waals surface area contributed by atoms with Gasteiger partial charge in [-0.05, 0) is 19.1 Å². The van der Waals surface area contributed by atoms with Crippen LogP contribution in [0.2, 0.25) is 0 Å². The number of aryl methyl sites for hydroxylation is 1. The first-order valence-electron chi connectivity index (χ1n) is 4.81. The molecule has 2 rings (SSSR count). The lowest BCUT2D eigenvalue weighted by Crippen LogP contribution is -1.96. The van der Waals surface area contributed by atoms with E-state index in [4.69, 9.17) is 4.74 Å². The number of rotatable bonds is 3. The third-order valence-electron chi connectivity index (χ3n) is 2.12. The van der Waals surface area contributed by atoms with Crippen LogP contribution >= 0.6 is 0 Å². The standard InChI is InChI=1S/C11H12FN3O/c1-7-6-13-11(14-7)15-9-4-3-8(12)5-10(9)16-2/h3-6H,1-2H3,(H2,13,14,15). The van der Waals surface area contributed by atoms with Crippen molar-refractivity contribution in [3.8, 4) is 5.75 Å². The summed E-state index contributed by atoms with van der Waals surface area (Å²) in [7, 11) is 1.49. The Morgan fingerprint density at radius 2 is 2.25 bits per heavy atom. The molecule has 5 heteroatoms. The number of imidazole rings is 1. The molecule has 84 valence electrons. The van der Waals surface area contributed by atoms with Crippen LogP contribution in [0.5, 0.6) is 5.75 Å². The van der Waals surface area contributed by atoms with E-state index in [-0.39, 0.29) is 5.82 Å². The minimum absolute atomic E-state index is 0.335. The van der Waals surface area contributed by atoms with Crippen LogP contribution in [0.25, 0.3) is 0 Å². The number of hydrogen-bond acceptors (Lipinski definition) is 3. The molecule has 1 aromatic heterocycles. The molecule has 0 bridgehead atoms. The predicted octanol–water partition coefficient (Wildman–Crippen LogP) is 2.61. The Morgan fingerprint density at radius 1 is 1.44 bits per heavy atom. The third-order valence-corrected chi connectivity index (χ3v) is 2.12. The van der Waals surface area contributed by atoms with E-state index in [0.717, 1.165) is 5.69 Å². The van der Waals surface area contributed by atoms with Gasteiger partial charge in [-0.25, -0.2) is 9.37 Å². The summed E-state index contributed by atoms with van der Waals surface area (Å²) in [6.07, 6.45) is 1.71. The number of anilines is 2. The maximum atomic E-state index is 12.9. The van der Waals surface area contributed by atoms with Gasteiger partial charge < -0.3 is 15.0 Å². The van der Waals surface area contributed by atoms with Crippen LogP contribution in [0.1, 0.15) is 5.69 Å². The summed E-state index contributed by atoms with van der Waals surface area (Å²) in [4.78, 5) is 7.11. The topological polar surface area (TPSA) is 49.9 Å². The molecule has 0 aliphatic carbocycles. The van der Waals surface area contributed by atoms with Gasteiger partial charge in [0.2, 0.25) is 5.95 Å². The van der Waals surface area contributed by atoms with Crippen LogP contribution in [0.3, 0.4) is 0 Å². The summed E-state index contributed by atoms with van der Waals surface area (Å²) in [5.41, 5.74) is 1.61. The predicted molar refractivity (Wildman–Crippen MR) is 59.6 cm³/mol. The molecular weight excluding hydrogens is 209 g/mol. The molecule has 0 fully saturated rings. The Balaban J connectivity index is 2.27. The number of H-pyrrole nitrogens is 1. The zero-order valence-electron chi connectivity index (χ0n) is 9.04. The number of hydrogen-bond donors (Lipinski definition) is 2. The smallest absolute Gasteiger partial charge is 0.204 e. The molecule has 1 heterocycles. The fourth-order valence-electron chi connectivity index (χ4n) is 1.37. The van der Waals surface area contributed by atoms with Crippen molar-refractivity contribution in [3.05, 3.63) is 35.9 Å². The van der Waals surface area contributed by atoms with Gasteiger partial charge in [-0.3, -0.25) is 0 Å².